The Kier molecular flexibility index (Phi) is 4.03. The highest BCUT2D eigenvalue weighted by Gasteiger charge is 2.35. The van der Waals surface area contributed by atoms with E-state index >= 15 is 0 Å². The summed E-state index contributed by atoms with van der Waals surface area (Å²) in [4.78, 5) is 33.7. The van der Waals surface area contributed by atoms with Crippen LogP contribution in [0.4, 0.5) is 0 Å². The molecule has 2 heterocycles. The average Bonchev–Trinajstić information content (AvgIpc) is 3.07. The van der Waals surface area contributed by atoms with Crippen LogP contribution in [0.3, 0.4) is 0 Å². The second-order valence-corrected chi connectivity index (χ2v) is 5.60. The Morgan fingerprint density at radius 3 is 2.68 bits per heavy atom. The van der Waals surface area contributed by atoms with Crippen LogP contribution in [0.2, 0.25) is 0 Å². The van der Waals surface area contributed by atoms with Gasteiger partial charge in [0.25, 0.3) is 5.91 Å². The first-order valence-electron chi connectivity index (χ1n) is 6.72. The molecule has 0 saturated carbocycles. The predicted octanol–water partition coefficient (Wildman–Crippen LogP) is -0.0906. The van der Waals surface area contributed by atoms with Gasteiger partial charge in [0.2, 0.25) is 5.91 Å². The molecule has 0 saturated heterocycles. The highest BCUT2D eigenvalue weighted by molar-refractivity contribution is 5.91. The van der Waals surface area contributed by atoms with E-state index in [1.165, 1.54) is 10.8 Å². The van der Waals surface area contributed by atoms with E-state index < -0.39 is 11.4 Å². The molecule has 2 N–H and O–H groups in total. The van der Waals surface area contributed by atoms with Crippen molar-refractivity contribution >= 4 is 11.8 Å². The van der Waals surface area contributed by atoms with Crippen LogP contribution in [0, 0.1) is 6.20 Å². The van der Waals surface area contributed by atoms with Crippen LogP contribution in [0.1, 0.15) is 30.3 Å². The largest absolute Gasteiger partial charge is 0.363 e. The molecule has 2 rings (SSSR count). The van der Waals surface area contributed by atoms with Crippen molar-refractivity contribution < 1.29 is 9.59 Å². The Bertz CT molecular complexity index is 700. The fraction of sp³-hybridized carbons (Fsp3) is 0.429. The number of carbonyl (C=O) groups excluding carboxylic acids is 2. The second-order valence-electron chi connectivity index (χ2n) is 5.60. The number of nitrogens with zero attached hydrogens (tertiary/aromatic N) is 5. The van der Waals surface area contributed by atoms with Crippen LogP contribution in [0.5, 0.6) is 0 Å². The number of nitrogens with two attached hydrogens (primary N) is 1. The summed E-state index contributed by atoms with van der Waals surface area (Å²) in [6.07, 6.45) is 7.50. The van der Waals surface area contributed by atoms with Crippen molar-refractivity contribution in [1.29, 1.82) is 0 Å². The summed E-state index contributed by atoms with van der Waals surface area (Å²) in [5.41, 5.74) is 4.26. The number of rotatable bonds is 5. The van der Waals surface area contributed by atoms with Gasteiger partial charge in [-0.05, 0) is 13.8 Å². The first-order chi connectivity index (χ1) is 10.2. The van der Waals surface area contributed by atoms with Gasteiger partial charge in [0.05, 0.1) is 6.54 Å². The van der Waals surface area contributed by atoms with Crippen LogP contribution >= 0.6 is 0 Å². The van der Waals surface area contributed by atoms with Gasteiger partial charge in [-0.1, -0.05) is 0 Å². The summed E-state index contributed by atoms with van der Waals surface area (Å²) in [6.45, 7) is 3.76. The van der Waals surface area contributed by atoms with Gasteiger partial charge in [0, 0.05) is 32.7 Å². The Labute approximate surface area is 128 Å². The minimum atomic E-state index is -1.02. The smallest absolute Gasteiger partial charge is 0.284 e. The molecule has 0 atom stereocenters. The molecule has 0 bridgehead atoms. The monoisotopic (exact) mass is 303 g/mol. The van der Waals surface area contributed by atoms with Gasteiger partial charge in [-0.15, -0.1) is 0 Å². The van der Waals surface area contributed by atoms with Crippen LogP contribution < -0.4 is 5.73 Å². The van der Waals surface area contributed by atoms with E-state index in [2.05, 4.69) is 16.2 Å². The Hall–Kier alpha value is -2.64. The number of aromatic nitrogens is 4. The number of imidazole rings is 2. The maximum Gasteiger partial charge on any atom is 0.284 e. The van der Waals surface area contributed by atoms with Crippen molar-refractivity contribution in [2.75, 3.05) is 7.05 Å². The fourth-order valence-electron chi connectivity index (χ4n) is 2.27. The third-order valence-corrected chi connectivity index (χ3v) is 3.58. The van der Waals surface area contributed by atoms with E-state index in [-0.39, 0.29) is 11.7 Å². The molecule has 0 aliphatic heterocycles. The number of carbonyl (C=O) groups is 2. The molecule has 2 amide bonds. The van der Waals surface area contributed by atoms with Crippen LogP contribution in [0.25, 0.3) is 0 Å². The molecule has 2 aromatic heterocycles. The number of primary amides is 1. The molecule has 0 fully saturated rings. The SMILES string of the molecule is CN(Cc1nccn1C)C(=O)C(C)(C)n1c[c]nc1C(N)=O. The molecular weight excluding hydrogens is 284 g/mol. The molecule has 0 unspecified atom stereocenters. The maximum atomic E-state index is 12.7. The second kappa shape index (κ2) is 5.63. The fourth-order valence-corrected chi connectivity index (χ4v) is 2.27. The summed E-state index contributed by atoms with van der Waals surface area (Å²) in [5.74, 6) is -0.124. The van der Waals surface area contributed by atoms with E-state index in [9.17, 15) is 9.59 Å². The van der Waals surface area contributed by atoms with Gasteiger partial charge >= 0.3 is 0 Å². The number of hydrogen-bond acceptors (Lipinski definition) is 4. The van der Waals surface area contributed by atoms with E-state index in [1.807, 2.05) is 17.8 Å². The summed E-state index contributed by atoms with van der Waals surface area (Å²) in [7, 11) is 3.55. The third-order valence-electron chi connectivity index (χ3n) is 3.58. The summed E-state index contributed by atoms with van der Waals surface area (Å²) in [6, 6.07) is 0. The van der Waals surface area contributed by atoms with Crippen molar-refractivity contribution in [3.05, 3.63) is 36.4 Å². The van der Waals surface area contributed by atoms with E-state index in [0.717, 1.165) is 5.82 Å². The number of likely N-dealkylation sites (N-methyl/N-ethyl adjacent to an activating group) is 1. The van der Waals surface area contributed by atoms with Crippen molar-refractivity contribution in [3.8, 4) is 0 Å². The molecule has 22 heavy (non-hydrogen) atoms. The predicted molar refractivity (Wildman–Crippen MR) is 78.6 cm³/mol. The topological polar surface area (TPSA) is 99.0 Å². The number of hydrogen-bond donors (Lipinski definition) is 1. The Morgan fingerprint density at radius 2 is 2.14 bits per heavy atom. The molecule has 0 aliphatic rings. The highest BCUT2D eigenvalue weighted by atomic mass is 16.2. The zero-order valence-electron chi connectivity index (χ0n) is 13.1. The zero-order valence-corrected chi connectivity index (χ0v) is 13.1. The third kappa shape index (κ3) is 2.72. The highest BCUT2D eigenvalue weighted by Crippen LogP contribution is 2.20. The molecule has 0 aromatic carbocycles. The van der Waals surface area contributed by atoms with Crippen LogP contribution in [0.15, 0.2) is 18.6 Å². The van der Waals surface area contributed by atoms with E-state index in [0.29, 0.717) is 6.54 Å². The first kappa shape index (κ1) is 15.7. The normalized spacial score (nSPS) is 11.5. The molecule has 8 heteroatoms. The first-order valence-corrected chi connectivity index (χ1v) is 6.72. The molecule has 1 radical (unpaired) electrons. The van der Waals surface area contributed by atoms with Crippen LogP contribution in [-0.4, -0.2) is 42.9 Å². The summed E-state index contributed by atoms with van der Waals surface area (Å²) in [5, 5.41) is 0. The molecular formula is C14H19N6O2. The lowest BCUT2D eigenvalue weighted by atomic mass is 10.0. The van der Waals surface area contributed by atoms with Crippen molar-refractivity contribution in [2.24, 2.45) is 12.8 Å². The summed E-state index contributed by atoms with van der Waals surface area (Å²) < 4.78 is 3.28. The molecule has 8 nitrogen and oxygen atoms in total. The molecule has 117 valence electrons. The Balaban J connectivity index is 2.24. The zero-order chi connectivity index (χ0) is 16.5. The van der Waals surface area contributed by atoms with E-state index in [4.69, 9.17) is 5.73 Å². The van der Waals surface area contributed by atoms with Crippen molar-refractivity contribution in [2.45, 2.75) is 25.9 Å². The lowest BCUT2D eigenvalue weighted by Gasteiger charge is -2.31. The van der Waals surface area contributed by atoms with Gasteiger partial charge in [-0.2, -0.15) is 0 Å². The lowest BCUT2D eigenvalue weighted by molar-refractivity contribution is -0.138. The maximum absolute atomic E-state index is 12.7. The van der Waals surface area contributed by atoms with E-state index in [1.54, 1.807) is 32.0 Å². The number of amides is 2. The minimum absolute atomic E-state index is 0.00346. The van der Waals surface area contributed by atoms with Gasteiger partial charge in [0.1, 0.15) is 17.6 Å². The van der Waals surface area contributed by atoms with Crippen molar-refractivity contribution in [3.63, 3.8) is 0 Å². The lowest BCUT2D eigenvalue weighted by Crippen LogP contribution is -2.46. The van der Waals surface area contributed by atoms with Gasteiger partial charge in [-0.25, -0.2) is 9.97 Å². The van der Waals surface area contributed by atoms with Gasteiger partial charge < -0.3 is 19.8 Å². The van der Waals surface area contributed by atoms with Crippen molar-refractivity contribution in [1.82, 2.24) is 24.0 Å². The molecule has 0 spiro atoms. The molecule has 0 aliphatic carbocycles. The standard InChI is InChI=1S/C14H19N6O2/c1-14(2,20-8-6-17-12(20)11(15)21)13(22)19(4)9-10-16-5-7-18(10)3/h5,7-8H,9H2,1-4H3,(H2,15,21). The quantitative estimate of drug-likeness (QED) is 0.834. The average molecular weight is 303 g/mol. The summed E-state index contributed by atoms with van der Waals surface area (Å²) >= 11 is 0. The Morgan fingerprint density at radius 1 is 1.45 bits per heavy atom. The molecule has 2 aromatic rings. The van der Waals surface area contributed by atoms with Gasteiger partial charge in [-0.3, -0.25) is 9.59 Å². The van der Waals surface area contributed by atoms with Crippen LogP contribution in [-0.2, 0) is 23.9 Å². The number of aryl methyl sites for hydroxylation is 1. The minimum Gasteiger partial charge on any atom is -0.363 e. The van der Waals surface area contributed by atoms with Gasteiger partial charge in [0.15, 0.2) is 5.82 Å².